The third kappa shape index (κ3) is 3.54. The summed E-state index contributed by atoms with van der Waals surface area (Å²) in [6.07, 6.45) is 0. The van der Waals surface area contributed by atoms with Gasteiger partial charge in [0.2, 0.25) is 0 Å². The SMILES string of the molecule is O=C(O)c1cccc(-c2nc3cc(Cl)ccc3n2Cc2ccc(Cl)cc2)c1. The predicted molar refractivity (Wildman–Crippen MR) is 108 cm³/mol. The highest BCUT2D eigenvalue weighted by Crippen LogP contribution is 2.28. The van der Waals surface area contributed by atoms with Crippen LogP contribution in [0.2, 0.25) is 10.0 Å². The molecule has 4 nitrogen and oxygen atoms in total. The second-order valence-corrected chi connectivity index (χ2v) is 7.04. The third-order valence-electron chi connectivity index (χ3n) is 4.33. The Bertz CT molecular complexity index is 1150. The van der Waals surface area contributed by atoms with Gasteiger partial charge >= 0.3 is 5.97 Å². The molecular weight excluding hydrogens is 383 g/mol. The van der Waals surface area contributed by atoms with Crippen LogP contribution in [0.25, 0.3) is 22.4 Å². The summed E-state index contributed by atoms with van der Waals surface area (Å²) in [5.74, 6) is -0.287. The molecule has 6 heteroatoms. The molecule has 1 aromatic heterocycles. The Kier molecular flexibility index (Phi) is 4.60. The number of aromatic nitrogens is 2. The van der Waals surface area contributed by atoms with Crippen LogP contribution in [-0.4, -0.2) is 20.6 Å². The Hall–Kier alpha value is -2.82. The summed E-state index contributed by atoms with van der Waals surface area (Å²) in [5.41, 5.74) is 3.69. The second kappa shape index (κ2) is 7.06. The number of rotatable bonds is 4. The van der Waals surface area contributed by atoms with E-state index in [0.717, 1.165) is 22.2 Å². The molecule has 0 unspecified atom stereocenters. The van der Waals surface area contributed by atoms with Crippen LogP contribution in [0, 0.1) is 0 Å². The zero-order valence-corrected chi connectivity index (χ0v) is 15.6. The van der Waals surface area contributed by atoms with Crippen LogP contribution in [-0.2, 0) is 6.54 Å². The molecule has 27 heavy (non-hydrogen) atoms. The molecule has 0 aliphatic heterocycles. The normalized spacial score (nSPS) is 11.0. The number of imidazole rings is 1. The van der Waals surface area contributed by atoms with E-state index < -0.39 is 5.97 Å². The topological polar surface area (TPSA) is 55.1 Å². The summed E-state index contributed by atoms with van der Waals surface area (Å²) < 4.78 is 2.05. The van der Waals surface area contributed by atoms with Gasteiger partial charge in [0.05, 0.1) is 16.6 Å². The average molecular weight is 397 g/mol. The Labute approximate surface area is 165 Å². The first-order valence-corrected chi connectivity index (χ1v) is 9.01. The second-order valence-electron chi connectivity index (χ2n) is 6.17. The van der Waals surface area contributed by atoms with Gasteiger partial charge in [0.15, 0.2) is 0 Å². The van der Waals surface area contributed by atoms with Crippen LogP contribution < -0.4 is 0 Å². The molecule has 0 radical (unpaired) electrons. The van der Waals surface area contributed by atoms with Gasteiger partial charge in [-0.15, -0.1) is 0 Å². The maximum atomic E-state index is 11.4. The molecule has 1 heterocycles. The van der Waals surface area contributed by atoms with Crippen molar-refractivity contribution in [3.8, 4) is 11.4 Å². The van der Waals surface area contributed by atoms with Gasteiger partial charge < -0.3 is 9.67 Å². The van der Waals surface area contributed by atoms with Crippen LogP contribution in [0.3, 0.4) is 0 Å². The fourth-order valence-electron chi connectivity index (χ4n) is 3.05. The summed E-state index contributed by atoms with van der Waals surface area (Å²) in [4.78, 5) is 16.1. The van der Waals surface area contributed by atoms with E-state index in [1.165, 1.54) is 0 Å². The first-order valence-electron chi connectivity index (χ1n) is 8.25. The van der Waals surface area contributed by atoms with E-state index in [9.17, 15) is 9.90 Å². The number of aromatic carboxylic acids is 1. The molecule has 0 amide bonds. The molecule has 0 fully saturated rings. The summed E-state index contributed by atoms with van der Waals surface area (Å²) in [5, 5.41) is 10.6. The first kappa shape index (κ1) is 17.6. The van der Waals surface area contributed by atoms with Crippen molar-refractivity contribution in [1.29, 1.82) is 0 Å². The average Bonchev–Trinajstić information content (AvgIpc) is 3.01. The van der Waals surface area contributed by atoms with E-state index in [-0.39, 0.29) is 5.56 Å². The van der Waals surface area contributed by atoms with Gasteiger partial charge in [0.1, 0.15) is 5.82 Å². The van der Waals surface area contributed by atoms with Crippen LogP contribution in [0.15, 0.2) is 66.7 Å². The maximum absolute atomic E-state index is 11.4. The van der Waals surface area contributed by atoms with Crippen molar-refractivity contribution in [2.45, 2.75) is 6.54 Å². The number of carboxylic acid groups (broad SMARTS) is 1. The number of nitrogens with zero attached hydrogens (tertiary/aromatic N) is 2. The number of fused-ring (bicyclic) bond motifs is 1. The van der Waals surface area contributed by atoms with Crippen molar-refractivity contribution in [2.24, 2.45) is 0 Å². The van der Waals surface area contributed by atoms with Crippen LogP contribution in [0.4, 0.5) is 0 Å². The van der Waals surface area contributed by atoms with Crippen LogP contribution in [0.5, 0.6) is 0 Å². The van der Waals surface area contributed by atoms with E-state index in [4.69, 9.17) is 28.2 Å². The largest absolute Gasteiger partial charge is 0.478 e. The number of benzene rings is 3. The number of carboxylic acids is 1. The molecular formula is C21H14Cl2N2O2. The first-order chi connectivity index (χ1) is 13.0. The quantitative estimate of drug-likeness (QED) is 0.477. The van der Waals surface area contributed by atoms with Gasteiger partial charge in [-0.25, -0.2) is 9.78 Å². The number of carbonyl (C=O) groups is 1. The van der Waals surface area contributed by atoms with Gasteiger partial charge in [-0.2, -0.15) is 0 Å². The molecule has 0 aliphatic carbocycles. The van der Waals surface area contributed by atoms with Crippen LogP contribution in [0.1, 0.15) is 15.9 Å². The highest BCUT2D eigenvalue weighted by Gasteiger charge is 2.15. The van der Waals surface area contributed by atoms with E-state index in [2.05, 4.69) is 4.57 Å². The van der Waals surface area contributed by atoms with Gasteiger partial charge in [0, 0.05) is 22.2 Å². The van der Waals surface area contributed by atoms with Gasteiger partial charge in [-0.1, -0.05) is 47.5 Å². The summed E-state index contributed by atoms with van der Waals surface area (Å²) in [6.45, 7) is 0.571. The van der Waals surface area contributed by atoms with Crippen molar-refractivity contribution < 1.29 is 9.90 Å². The summed E-state index contributed by atoms with van der Waals surface area (Å²) in [6, 6.07) is 19.9. The number of hydrogen-bond donors (Lipinski definition) is 1. The third-order valence-corrected chi connectivity index (χ3v) is 4.82. The Balaban J connectivity index is 1.89. The van der Waals surface area contributed by atoms with Gasteiger partial charge in [-0.3, -0.25) is 0 Å². The van der Waals surface area contributed by atoms with Gasteiger partial charge in [0.25, 0.3) is 0 Å². The van der Waals surface area contributed by atoms with Crippen molar-refractivity contribution >= 4 is 40.2 Å². The van der Waals surface area contributed by atoms with E-state index in [0.29, 0.717) is 22.4 Å². The van der Waals surface area contributed by atoms with Gasteiger partial charge in [-0.05, 0) is 48.0 Å². The zero-order chi connectivity index (χ0) is 19.0. The minimum absolute atomic E-state index is 0.218. The highest BCUT2D eigenvalue weighted by molar-refractivity contribution is 6.31. The molecule has 0 atom stereocenters. The Morgan fingerprint density at radius 2 is 1.70 bits per heavy atom. The van der Waals surface area contributed by atoms with Crippen LogP contribution >= 0.6 is 23.2 Å². The fraction of sp³-hybridized carbons (Fsp3) is 0.0476. The molecule has 1 N–H and O–H groups in total. The lowest BCUT2D eigenvalue weighted by atomic mass is 10.1. The molecule has 0 bridgehead atoms. The standard InChI is InChI=1S/C21H14Cl2N2O2/c22-16-6-4-13(5-7-16)12-25-19-9-8-17(23)11-18(19)24-20(25)14-2-1-3-15(10-14)21(26)27/h1-11H,12H2,(H,26,27). The smallest absolute Gasteiger partial charge is 0.335 e. The lowest BCUT2D eigenvalue weighted by Crippen LogP contribution is -2.03. The molecule has 0 saturated carbocycles. The minimum atomic E-state index is -0.972. The molecule has 4 aromatic rings. The molecule has 0 aliphatic rings. The van der Waals surface area contributed by atoms with Crippen molar-refractivity contribution in [2.75, 3.05) is 0 Å². The van der Waals surface area contributed by atoms with E-state index in [1.54, 1.807) is 24.3 Å². The molecule has 134 valence electrons. The molecule has 3 aromatic carbocycles. The Morgan fingerprint density at radius 3 is 2.44 bits per heavy atom. The minimum Gasteiger partial charge on any atom is -0.478 e. The highest BCUT2D eigenvalue weighted by atomic mass is 35.5. The zero-order valence-electron chi connectivity index (χ0n) is 14.1. The Morgan fingerprint density at radius 1 is 0.963 bits per heavy atom. The molecule has 4 rings (SSSR count). The lowest BCUT2D eigenvalue weighted by molar-refractivity contribution is 0.0697. The lowest BCUT2D eigenvalue weighted by Gasteiger charge is -2.10. The summed E-state index contributed by atoms with van der Waals surface area (Å²) in [7, 11) is 0. The van der Waals surface area contributed by atoms with Crippen molar-refractivity contribution in [3.05, 3.63) is 87.9 Å². The number of halogens is 2. The predicted octanol–water partition coefficient (Wildman–Crippen LogP) is 5.76. The maximum Gasteiger partial charge on any atom is 0.335 e. The fourth-order valence-corrected chi connectivity index (χ4v) is 3.34. The van der Waals surface area contributed by atoms with E-state index in [1.807, 2.05) is 42.5 Å². The monoisotopic (exact) mass is 396 g/mol. The molecule has 0 spiro atoms. The van der Waals surface area contributed by atoms with Crippen molar-refractivity contribution in [3.63, 3.8) is 0 Å². The molecule has 0 saturated heterocycles. The summed E-state index contributed by atoms with van der Waals surface area (Å²) >= 11 is 12.1. The van der Waals surface area contributed by atoms with E-state index >= 15 is 0 Å². The van der Waals surface area contributed by atoms with Crippen molar-refractivity contribution in [1.82, 2.24) is 9.55 Å². The number of hydrogen-bond acceptors (Lipinski definition) is 2.